The van der Waals surface area contributed by atoms with Gasteiger partial charge in [0, 0.05) is 25.2 Å². The summed E-state index contributed by atoms with van der Waals surface area (Å²) in [5.74, 6) is 0. The van der Waals surface area contributed by atoms with Crippen molar-refractivity contribution in [2.45, 2.75) is 103 Å². The van der Waals surface area contributed by atoms with Gasteiger partial charge in [-0.15, -0.1) is 0 Å². The van der Waals surface area contributed by atoms with E-state index in [-0.39, 0.29) is 36.6 Å². The Morgan fingerprint density at radius 3 is 1.46 bits per heavy atom. The van der Waals surface area contributed by atoms with E-state index in [1.54, 1.807) is 0 Å². The van der Waals surface area contributed by atoms with E-state index in [1.165, 1.54) is 11.1 Å². The highest BCUT2D eigenvalue weighted by Crippen LogP contribution is 2.37. The summed E-state index contributed by atoms with van der Waals surface area (Å²) in [5, 5.41) is 3.80. The van der Waals surface area contributed by atoms with Crippen LogP contribution in [0.15, 0.2) is 48.5 Å². The van der Waals surface area contributed by atoms with E-state index in [9.17, 15) is 0 Å². The van der Waals surface area contributed by atoms with Crippen molar-refractivity contribution in [1.29, 1.82) is 0 Å². The minimum Gasteiger partial charge on any atom is -0.399 e. The molecule has 2 atom stereocenters. The molecule has 0 aromatic heterocycles. The summed E-state index contributed by atoms with van der Waals surface area (Å²) in [6.45, 7) is 18.8. The van der Waals surface area contributed by atoms with Crippen molar-refractivity contribution in [3.63, 3.8) is 0 Å². The first-order chi connectivity index (χ1) is 18.2. The molecule has 5 rings (SSSR count). The van der Waals surface area contributed by atoms with Crippen molar-refractivity contribution in [3.05, 3.63) is 59.7 Å². The lowest BCUT2D eigenvalue weighted by molar-refractivity contribution is 0.00578. The molecule has 8 heteroatoms. The number of hydrogen-bond donors (Lipinski definition) is 1. The van der Waals surface area contributed by atoms with Crippen LogP contribution < -0.4 is 16.2 Å². The normalized spacial score (nSPS) is 27.7. The van der Waals surface area contributed by atoms with Gasteiger partial charge in [0.1, 0.15) is 0 Å². The molecule has 0 aliphatic carbocycles. The van der Waals surface area contributed by atoms with Gasteiger partial charge in [0.15, 0.2) is 0 Å². The number of nitrogens with one attached hydrogen (secondary N) is 1. The first-order valence-electron chi connectivity index (χ1n) is 14.5. The molecular weight excluding hydrogens is 486 g/mol. The number of likely N-dealkylation sites (N-methyl/N-ethyl adjacent to an activating group) is 1. The Hall–Kier alpha value is -1.67. The van der Waals surface area contributed by atoms with Crippen molar-refractivity contribution < 1.29 is 18.6 Å². The Kier molecular flexibility index (Phi) is 7.62. The van der Waals surface area contributed by atoms with Gasteiger partial charge in [-0.05, 0) is 97.3 Å². The van der Waals surface area contributed by atoms with Gasteiger partial charge in [0.05, 0.1) is 22.4 Å². The average molecular weight is 532 g/mol. The lowest BCUT2D eigenvalue weighted by atomic mass is 9.78. The number of benzene rings is 2. The van der Waals surface area contributed by atoms with Crippen LogP contribution in [0.5, 0.6) is 0 Å². The lowest BCUT2D eigenvalue weighted by Crippen LogP contribution is -2.58. The van der Waals surface area contributed by atoms with E-state index in [0.29, 0.717) is 12.1 Å². The van der Waals surface area contributed by atoms with E-state index >= 15 is 0 Å². The summed E-state index contributed by atoms with van der Waals surface area (Å²) in [5.41, 5.74) is 3.48. The summed E-state index contributed by atoms with van der Waals surface area (Å²) in [7, 11) is 1.60. The second kappa shape index (κ2) is 10.3. The van der Waals surface area contributed by atoms with Gasteiger partial charge in [-0.3, -0.25) is 0 Å². The predicted molar refractivity (Wildman–Crippen MR) is 160 cm³/mol. The van der Waals surface area contributed by atoms with Gasteiger partial charge >= 0.3 is 14.2 Å². The number of piperazine rings is 1. The molecule has 0 saturated carbocycles. The molecule has 3 fully saturated rings. The summed E-state index contributed by atoms with van der Waals surface area (Å²) in [4.78, 5) is 2.50. The molecule has 3 aliphatic rings. The molecule has 3 aliphatic heterocycles. The van der Waals surface area contributed by atoms with Crippen molar-refractivity contribution in [2.24, 2.45) is 0 Å². The minimum atomic E-state index is -0.331. The van der Waals surface area contributed by atoms with Crippen LogP contribution in [-0.4, -0.2) is 73.8 Å². The van der Waals surface area contributed by atoms with Crippen molar-refractivity contribution in [2.75, 3.05) is 20.1 Å². The topological polar surface area (TPSA) is 52.2 Å². The van der Waals surface area contributed by atoms with Gasteiger partial charge in [-0.2, -0.15) is 0 Å². The number of hydrogen-bond acceptors (Lipinski definition) is 6. The molecule has 6 nitrogen and oxygen atoms in total. The van der Waals surface area contributed by atoms with Gasteiger partial charge < -0.3 is 28.8 Å². The average Bonchev–Trinajstić information content (AvgIpc) is 3.21. The standard InChI is InChI=1S/C31H46B2N2O4/c1-28(2)29(3,4)37-32(36-28)24-14-10-22(11-15-24)20-26-27(35(9)19-18-34-26)21-23-12-16-25(17-13-23)33-38-30(5,6)31(7,8)39-33/h10-17,26-27,34H,18-21H2,1-9H3. The third-order valence-electron chi connectivity index (χ3n) is 9.81. The van der Waals surface area contributed by atoms with E-state index in [2.05, 4.69) is 121 Å². The maximum atomic E-state index is 6.25. The Labute approximate surface area is 236 Å². The fourth-order valence-electron chi connectivity index (χ4n) is 5.62. The Balaban J connectivity index is 1.23. The molecule has 2 unspecified atom stereocenters. The van der Waals surface area contributed by atoms with E-state index in [4.69, 9.17) is 18.6 Å². The highest BCUT2D eigenvalue weighted by molar-refractivity contribution is 6.62. The van der Waals surface area contributed by atoms with Crippen LogP contribution in [0, 0.1) is 0 Å². The molecule has 2 aromatic carbocycles. The third-order valence-corrected chi connectivity index (χ3v) is 9.81. The first kappa shape index (κ1) is 28.8. The largest absolute Gasteiger partial charge is 0.494 e. The highest BCUT2D eigenvalue weighted by atomic mass is 16.7. The molecule has 0 radical (unpaired) electrons. The van der Waals surface area contributed by atoms with Crippen LogP contribution in [0.1, 0.15) is 66.5 Å². The van der Waals surface area contributed by atoms with Crippen LogP contribution in [0.2, 0.25) is 0 Å². The maximum Gasteiger partial charge on any atom is 0.494 e. The highest BCUT2D eigenvalue weighted by Gasteiger charge is 2.52. The molecule has 3 heterocycles. The van der Waals surface area contributed by atoms with Crippen LogP contribution >= 0.6 is 0 Å². The summed E-state index contributed by atoms with van der Waals surface area (Å²) in [6, 6.07) is 18.4. The van der Waals surface area contributed by atoms with Gasteiger partial charge in [0.25, 0.3) is 0 Å². The number of nitrogens with zero attached hydrogens (tertiary/aromatic N) is 1. The fourth-order valence-corrected chi connectivity index (χ4v) is 5.62. The Morgan fingerprint density at radius 2 is 1.05 bits per heavy atom. The minimum absolute atomic E-state index is 0.323. The lowest BCUT2D eigenvalue weighted by Gasteiger charge is -2.40. The van der Waals surface area contributed by atoms with Crippen LogP contribution in [0.3, 0.4) is 0 Å². The SMILES string of the molecule is CN1CCNC(Cc2ccc(B3OC(C)(C)C(C)(C)O3)cc2)C1Cc1ccc(B2OC(C)(C)C(C)(C)O2)cc1. The van der Waals surface area contributed by atoms with E-state index in [1.807, 2.05) is 0 Å². The van der Waals surface area contributed by atoms with E-state index < -0.39 is 0 Å². The molecule has 0 spiro atoms. The Morgan fingerprint density at radius 1 is 0.667 bits per heavy atom. The van der Waals surface area contributed by atoms with Gasteiger partial charge in [-0.25, -0.2) is 0 Å². The van der Waals surface area contributed by atoms with Crippen molar-refractivity contribution in [1.82, 2.24) is 10.2 Å². The van der Waals surface area contributed by atoms with Crippen LogP contribution in [-0.2, 0) is 31.5 Å². The molecule has 3 saturated heterocycles. The van der Waals surface area contributed by atoms with E-state index in [0.717, 1.165) is 36.9 Å². The van der Waals surface area contributed by atoms with Gasteiger partial charge in [-0.1, -0.05) is 48.5 Å². The second-order valence-corrected chi connectivity index (χ2v) is 13.7. The molecule has 0 bridgehead atoms. The zero-order valence-electron chi connectivity index (χ0n) is 25.3. The molecular formula is C31H46B2N2O4. The first-order valence-corrected chi connectivity index (χ1v) is 14.5. The molecule has 1 N–H and O–H groups in total. The zero-order chi connectivity index (χ0) is 28.2. The molecule has 210 valence electrons. The predicted octanol–water partition coefficient (Wildman–Crippen LogP) is 3.34. The quantitative estimate of drug-likeness (QED) is 0.577. The molecule has 2 aromatic rings. The number of rotatable bonds is 6. The zero-order valence-corrected chi connectivity index (χ0v) is 25.3. The van der Waals surface area contributed by atoms with Crippen LogP contribution in [0.4, 0.5) is 0 Å². The summed E-state index contributed by atoms with van der Waals surface area (Å²) < 4.78 is 25.0. The smallest absolute Gasteiger partial charge is 0.399 e. The monoisotopic (exact) mass is 532 g/mol. The van der Waals surface area contributed by atoms with Crippen LogP contribution in [0.25, 0.3) is 0 Å². The third kappa shape index (κ3) is 5.74. The maximum absolute atomic E-state index is 6.25. The van der Waals surface area contributed by atoms with Gasteiger partial charge in [0.2, 0.25) is 0 Å². The second-order valence-electron chi connectivity index (χ2n) is 13.7. The summed E-state index contributed by atoms with van der Waals surface area (Å²) in [6.07, 6.45) is 1.97. The molecule has 0 amide bonds. The Bertz CT molecular complexity index is 1120. The van der Waals surface area contributed by atoms with Crippen molar-refractivity contribution in [3.8, 4) is 0 Å². The summed E-state index contributed by atoms with van der Waals surface area (Å²) >= 11 is 0. The molecule has 39 heavy (non-hydrogen) atoms. The van der Waals surface area contributed by atoms with Crippen molar-refractivity contribution >= 4 is 25.2 Å². The fraction of sp³-hybridized carbons (Fsp3) is 0.613.